The van der Waals surface area contributed by atoms with Crippen molar-refractivity contribution in [2.24, 2.45) is 0 Å². The van der Waals surface area contributed by atoms with Crippen molar-refractivity contribution in [2.45, 2.75) is 4.90 Å². The number of rotatable bonds is 5. The summed E-state index contributed by atoms with van der Waals surface area (Å²) in [5.41, 5.74) is 1.36. The van der Waals surface area contributed by atoms with Crippen LogP contribution in [0.15, 0.2) is 59.6 Å². The molecule has 0 aliphatic heterocycles. The van der Waals surface area contributed by atoms with Crippen molar-refractivity contribution in [3.8, 4) is 0 Å². The van der Waals surface area contributed by atoms with E-state index >= 15 is 0 Å². The number of anilines is 1. The fourth-order valence-electron chi connectivity index (χ4n) is 2.32. The minimum atomic E-state index is -2.29. The van der Waals surface area contributed by atoms with Gasteiger partial charge in [-0.15, -0.1) is 0 Å². The van der Waals surface area contributed by atoms with Crippen LogP contribution in [0, 0.1) is 0 Å². The van der Waals surface area contributed by atoms with Crippen LogP contribution in [-0.2, 0) is 11.0 Å². The van der Waals surface area contributed by atoms with Gasteiger partial charge in [-0.05, 0) is 42.5 Å². The third kappa shape index (κ3) is 4.47. The van der Waals surface area contributed by atoms with Crippen LogP contribution in [0.2, 0.25) is 10.0 Å². The minimum Gasteiger partial charge on any atom is -0.349 e. The molecule has 0 saturated heterocycles. The third-order valence-electron chi connectivity index (χ3n) is 3.37. The molecule has 130 valence electrons. The normalized spacial score (nSPS) is 12.5. The van der Waals surface area contributed by atoms with Crippen LogP contribution in [0.3, 0.4) is 0 Å². The summed E-state index contributed by atoms with van der Waals surface area (Å²) in [6, 6.07) is 13.6. The molecule has 2 N–H and O–H groups in total. The van der Waals surface area contributed by atoms with Crippen molar-refractivity contribution in [3.63, 3.8) is 0 Å². The number of hydrogen-bond acceptors (Lipinski definition) is 4. The second-order valence-electron chi connectivity index (χ2n) is 5.13. The van der Waals surface area contributed by atoms with Crippen molar-refractivity contribution in [1.82, 2.24) is 4.98 Å². The highest BCUT2D eigenvalue weighted by Gasteiger charge is 2.20. The summed E-state index contributed by atoms with van der Waals surface area (Å²) in [4.78, 5) is 23.6. The highest BCUT2D eigenvalue weighted by molar-refractivity contribution is 7.86. The van der Waals surface area contributed by atoms with E-state index in [4.69, 9.17) is 23.2 Å². The molecule has 2 aromatic carbocycles. The summed E-state index contributed by atoms with van der Waals surface area (Å²) in [6.45, 7) is 0. The van der Waals surface area contributed by atoms with Gasteiger partial charge in [-0.3, -0.25) is 9.29 Å². The second-order valence-corrected chi connectivity index (χ2v) is 8.44. The quantitative estimate of drug-likeness (QED) is 0.609. The van der Waals surface area contributed by atoms with Crippen LogP contribution in [0.25, 0.3) is 10.9 Å². The zero-order valence-corrected chi connectivity index (χ0v) is 15.9. The summed E-state index contributed by atoms with van der Waals surface area (Å²) in [5.74, 6) is 0. The number of aromatic nitrogens is 1. The Morgan fingerprint density at radius 1 is 1.08 bits per heavy atom. The van der Waals surface area contributed by atoms with Crippen LogP contribution in [-0.4, -0.2) is 25.3 Å². The van der Waals surface area contributed by atoms with E-state index in [1.54, 1.807) is 36.5 Å². The zero-order valence-electron chi connectivity index (χ0n) is 12.7. The number of pyridine rings is 1. The van der Waals surface area contributed by atoms with Gasteiger partial charge in [-0.25, -0.2) is 4.21 Å². The molecule has 0 saturated carbocycles. The van der Waals surface area contributed by atoms with E-state index in [9.17, 15) is 14.0 Å². The third-order valence-corrected chi connectivity index (χ3v) is 5.91. The average molecular weight is 415 g/mol. The summed E-state index contributed by atoms with van der Waals surface area (Å²) < 4.78 is 14.4. The SMILES string of the molecule is O=S(c1cc(Cl)cc(Cl)c1)N(CP(O)O)c1ccc2ncccc2c1. The highest BCUT2D eigenvalue weighted by Crippen LogP contribution is 2.33. The van der Waals surface area contributed by atoms with Crippen molar-refractivity contribution < 1.29 is 14.0 Å². The van der Waals surface area contributed by atoms with Gasteiger partial charge in [0.1, 0.15) is 6.29 Å². The van der Waals surface area contributed by atoms with E-state index in [0.717, 1.165) is 10.9 Å². The summed E-state index contributed by atoms with van der Waals surface area (Å²) in [6.07, 6.45) is 1.50. The van der Waals surface area contributed by atoms with Gasteiger partial charge in [0.05, 0.1) is 16.1 Å². The number of benzene rings is 2. The van der Waals surface area contributed by atoms with Crippen LogP contribution >= 0.6 is 31.6 Å². The molecule has 25 heavy (non-hydrogen) atoms. The molecule has 1 unspecified atom stereocenters. The first-order valence-electron chi connectivity index (χ1n) is 7.09. The first-order chi connectivity index (χ1) is 11.9. The van der Waals surface area contributed by atoms with E-state index < -0.39 is 19.4 Å². The smallest absolute Gasteiger partial charge is 0.187 e. The Hall–Kier alpha value is -1.27. The lowest BCUT2D eigenvalue weighted by Crippen LogP contribution is -2.26. The van der Waals surface area contributed by atoms with Gasteiger partial charge >= 0.3 is 0 Å². The molecule has 1 atom stereocenters. The van der Waals surface area contributed by atoms with Gasteiger partial charge in [0.15, 0.2) is 19.4 Å². The van der Waals surface area contributed by atoms with E-state index in [-0.39, 0.29) is 6.29 Å². The maximum Gasteiger partial charge on any atom is 0.187 e. The Kier molecular flexibility index (Phi) is 5.89. The fourth-order valence-corrected chi connectivity index (χ4v) is 5.11. The number of fused-ring (bicyclic) bond motifs is 1. The van der Waals surface area contributed by atoms with Crippen LogP contribution in [0.5, 0.6) is 0 Å². The van der Waals surface area contributed by atoms with E-state index in [0.29, 0.717) is 20.6 Å². The van der Waals surface area contributed by atoms with E-state index in [1.807, 2.05) is 6.07 Å². The van der Waals surface area contributed by atoms with Gasteiger partial charge in [-0.1, -0.05) is 29.3 Å². The van der Waals surface area contributed by atoms with Gasteiger partial charge in [0.25, 0.3) is 0 Å². The number of nitrogens with zero attached hydrogens (tertiary/aromatic N) is 2. The number of halogens is 2. The molecule has 0 aliphatic carbocycles. The summed E-state index contributed by atoms with van der Waals surface area (Å²) >= 11 is 12.0. The summed E-state index contributed by atoms with van der Waals surface area (Å²) in [7, 11) is -4.01. The largest absolute Gasteiger partial charge is 0.349 e. The van der Waals surface area contributed by atoms with Crippen LogP contribution < -0.4 is 4.31 Å². The minimum absolute atomic E-state index is 0.183. The molecule has 1 aromatic heterocycles. The maximum atomic E-state index is 13.0. The monoisotopic (exact) mass is 414 g/mol. The molecule has 0 bridgehead atoms. The predicted molar refractivity (Wildman–Crippen MR) is 103 cm³/mol. The Labute approximate surface area is 158 Å². The standard InChI is InChI=1S/C16H13Cl2N2O3PS/c17-12-7-13(18)9-15(8-12)25(23)20(10-24(21)22)14-3-4-16-11(6-14)2-1-5-19-16/h1-9,21-22H,10H2. The lowest BCUT2D eigenvalue weighted by Gasteiger charge is -2.24. The average Bonchev–Trinajstić information content (AvgIpc) is 2.57. The predicted octanol–water partition coefficient (Wildman–Crippen LogP) is 4.32. The zero-order chi connectivity index (χ0) is 18.0. The van der Waals surface area contributed by atoms with Crippen LogP contribution in [0.4, 0.5) is 5.69 Å². The second kappa shape index (κ2) is 7.96. The van der Waals surface area contributed by atoms with Crippen molar-refractivity contribution in [2.75, 3.05) is 10.6 Å². The topological polar surface area (TPSA) is 73.7 Å². The van der Waals surface area contributed by atoms with Gasteiger partial charge in [0, 0.05) is 21.6 Å². The molecule has 3 rings (SSSR count). The molecule has 1 heterocycles. The van der Waals surface area contributed by atoms with Gasteiger partial charge < -0.3 is 9.79 Å². The van der Waals surface area contributed by atoms with Gasteiger partial charge in [-0.2, -0.15) is 0 Å². The Morgan fingerprint density at radius 3 is 2.48 bits per heavy atom. The molecule has 3 aromatic rings. The highest BCUT2D eigenvalue weighted by atomic mass is 35.5. The molecule has 0 amide bonds. The molecular formula is C16H13Cl2N2O3PS. The molecule has 9 heteroatoms. The van der Waals surface area contributed by atoms with E-state index in [1.165, 1.54) is 16.4 Å². The molecule has 0 radical (unpaired) electrons. The molecule has 0 aliphatic rings. The van der Waals surface area contributed by atoms with Crippen molar-refractivity contribution >= 4 is 59.2 Å². The first kappa shape index (κ1) is 18.5. The Balaban J connectivity index is 2.04. The van der Waals surface area contributed by atoms with Crippen LogP contribution in [0.1, 0.15) is 0 Å². The maximum absolute atomic E-state index is 13.0. The molecule has 0 spiro atoms. The van der Waals surface area contributed by atoms with Crippen molar-refractivity contribution in [3.05, 3.63) is 64.8 Å². The first-order valence-corrected chi connectivity index (χ1v) is 10.4. The number of hydrogen-bond donors (Lipinski definition) is 2. The van der Waals surface area contributed by atoms with Gasteiger partial charge in [0.2, 0.25) is 0 Å². The Morgan fingerprint density at radius 2 is 1.80 bits per heavy atom. The summed E-state index contributed by atoms with van der Waals surface area (Å²) in [5, 5.41) is 1.56. The van der Waals surface area contributed by atoms with Crippen molar-refractivity contribution in [1.29, 1.82) is 0 Å². The lowest BCUT2D eigenvalue weighted by molar-refractivity contribution is 0.483. The molecular weight excluding hydrogens is 402 g/mol. The molecule has 0 fully saturated rings. The van der Waals surface area contributed by atoms with E-state index in [2.05, 4.69) is 4.98 Å². The Bertz CT molecular complexity index is 922. The molecule has 5 nitrogen and oxygen atoms in total. The lowest BCUT2D eigenvalue weighted by atomic mass is 10.2. The fraction of sp³-hybridized carbons (Fsp3) is 0.0625.